The molecule has 2 nitrogen and oxygen atoms in total. The van der Waals surface area contributed by atoms with Crippen LogP contribution in [0.25, 0.3) is 0 Å². The molecule has 136 valence electrons. The van der Waals surface area contributed by atoms with Gasteiger partial charge in [0.15, 0.2) is 0 Å². The van der Waals surface area contributed by atoms with Gasteiger partial charge in [-0.15, -0.1) is 0 Å². The molecular formula is C22H36O2. The van der Waals surface area contributed by atoms with Gasteiger partial charge >= 0.3 is 5.97 Å². The van der Waals surface area contributed by atoms with E-state index in [1.54, 1.807) is 0 Å². The Labute approximate surface area is 148 Å². The maximum Gasteiger partial charge on any atom is 0.303 e. The van der Waals surface area contributed by atoms with Gasteiger partial charge in [0, 0.05) is 0 Å². The van der Waals surface area contributed by atoms with Gasteiger partial charge in [-0.25, -0.2) is 0 Å². The van der Waals surface area contributed by atoms with Gasteiger partial charge in [0.1, 0.15) is 0 Å². The summed E-state index contributed by atoms with van der Waals surface area (Å²) in [5.74, 6) is -0.634. The SMILES string of the molecule is CCCCCCCCCCCCc1ccc(C(C)CC(=O)O)cc1. The fraction of sp³-hybridized carbons (Fsp3) is 0.682. The first-order valence-corrected chi connectivity index (χ1v) is 9.94. The smallest absolute Gasteiger partial charge is 0.303 e. The summed E-state index contributed by atoms with van der Waals surface area (Å²) in [6.07, 6.45) is 15.1. The van der Waals surface area contributed by atoms with E-state index in [2.05, 4.69) is 31.2 Å². The molecule has 0 amide bonds. The Bertz CT molecular complexity index is 436. The van der Waals surface area contributed by atoms with Crippen LogP contribution in [-0.4, -0.2) is 11.1 Å². The van der Waals surface area contributed by atoms with Crippen LogP contribution >= 0.6 is 0 Å². The lowest BCUT2D eigenvalue weighted by atomic mass is 9.95. The molecule has 0 radical (unpaired) electrons. The maximum absolute atomic E-state index is 10.8. The Kier molecular flexibility index (Phi) is 11.3. The number of rotatable bonds is 14. The second-order valence-corrected chi connectivity index (χ2v) is 7.17. The van der Waals surface area contributed by atoms with Gasteiger partial charge in [-0.1, -0.05) is 95.9 Å². The van der Waals surface area contributed by atoms with Crippen molar-refractivity contribution in [3.8, 4) is 0 Å². The van der Waals surface area contributed by atoms with Crippen molar-refractivity contribution in [1.82, 2.24) is 0 Å². The molecule has 0 aromatic heterocycles. The van der Waals surface area contributed by atoms with E-state index in [0.29, 0.717) is 0 Å². The molecule has 0 bridgehead atoms. The summed E-state index contributed by atoms with van der Waals surface area (Å²) in [5.41, 5.74) is 2.50. The van der Waals surface area contributed by atoms with Crippen molar-refractivity contribution in [2.75, 3.05) is 0 Å². The van der Waals surface area contributed by atoms with E-state index in [1.807, 2.05) is 6.92 Å². The van der Waals surface area contributed by atoms with Crippen LogP contribution < -0.4 is 0 Å². The summed E-state index contributed by atoms with van der Waals surface area (Å²) in [6.45, 7) is 4.25. The summed E-state index contributed by atoms with van der Waals surface area (Å²) in [4.78, 5) is 10.8. The number of hydrogen-bond donors (Lipinski definition) is 1. The molecule has 1 rings (SSSR count). The average Bonchev–Trinajstić information content (AvgIpc) is 2.56. The molecule has 0 saturated heterocycles. The van der Waals surface area contributed by atoms with Crippen molar-refractivity contribution < 1.29 is 9.90 Å². The van der Waals surface area contributed by atoms with Crippen molar-refractivity contribution in [1.29, 1.82) is 0 Å². The van der Waals surface area contributed by atoms with Crippen LogP contribution in [0.2, 0.25) is 0 Å². The number of carboxylic acids is 1. The van der Waals surface area contributed by atoms with Crippen molar-refractivity contribution in [3.05, 3.63) is 35.4 Å². The second-order valence-electron chi connectivity index (χ2n) is 7.17. The lowest BCUT2D eigenvalue weighted by Crippen LogP contribution is -2.02. The molecule has 0 spiro atoms. The molecule has 1 aromatic carbocycles. The third-order valence-electron chi connectivity index (χ3n) is 4.85. The molecule has 24 heavy (non-hydrogen) atoms. The highest BCUT2D eigenvalue weighted by molar-refractivity contribution is 5.67. The monoisotopic (exact) mass is 332 g/mol. The third kappa shape index (κ3) is 9.75. The number of carboxylic acid groups (broad SMARTS) is 1. The molecule has 1 aromatic rings. The normalized spacial score (nSPS) is 12.2. The molecule has 2 heteroatoms. The van der Waals surface area contributed by atoms with Gasteiger partial charge < -0.3 is 5.11 Å². The number of aliphatic carboxylic acids is 1. The molecule has 0 saturated carbocycles. The molecule has 1 atom stereocenters. The van der Waals surface area contributed by atoms with Gasteiger partial charge in [-0.2, -0.15) is 0 Å². The Balaban J connectivity index is 2.08. The van der Waals surface area contributed by atoms with Crippen LogP contribution in [0.15, 0.2) is 24.3 Å². The highest BCUT2D eigenvalue weighted by Gasteiger charge is 2.09. The van der Waals surface area contributed by atoms with Crippen molar-refractivity contribution in [3.63, 3.8) is 0 Å². The summed E-state index contributed by atoms with van der Waals surface area (Å²) in [5, 5.41) is 8.86. The van der Waals surface area contributed by atoms with Gasteiger partial charge in [0.2, 0.25) is 0 Å². The standard InChI is InChI=1S/C22H36O2/c1-3-4-5-6-7-8-9-10-11-12-13-20-14-16-21(17-15-20)19(2)18-22(23)24/h14-17,19H,3-13,18H2,1-2H3,(H,23,24). The highest BCUT2D eigenvalue weighted by Crippen LogP contribution is 2.20. The first-order valence-electron chi connectivity index (χ1n) is 9.94. The van der Waals surface area contributed by atoms with Crippen LogP contribution in [0.3, 0.4) is 0 Å². The molecule has 0 heterocycles. The number of unbranched alkanes of at least 4 members (excludes halogenated alkanes) is 9. The van der Waals surface area contributed by atoms with Crippen LogP contribution in [0.5, 0.6) is 0 Å². The maximum atomic E-state index is 10.8. The Morgan fingerprint density at radius 3 is 1.88 bits per heavy atom. The molecule has 1 unspecified atom stereocenters. The quantitative estimate of drug-likeness (QED) is 0.383. The summed E-state index contributed by atoms with van der Waals surface area (Å²) < 4.78 is 0. The topological polar surface area (TPSA) is 37.3 Å². The molecule has 0 aliphatic carbocycles. The lowest BCUT2D eigenvalue weighted by molar-refractivity contribution is -0.137. The lowest BCUT2D eigenvalue weighted by Gasteiger charge is -2.10. The van der Waals surface area contributed by atoms with Crippen molar-refractivity contribution >= 4 is 5.97 Å². The zero-order chi connectivity index (χ0) is 17.6. The Morgan fingerprint density at radius 2 is 1.38 bits per heavy atom. The fourth-order valence-electron chi connectivity index (χ4n) is 3.21. The van der Waals surface area contributed by atoms with E-state index in [9.17, 15) is 4.79 Å². The van der Waals surface area contributed by atoms with Crippen molar-refractivity contribution in [2.24, 2.45) is 0 Å². The fourth-order valence-corrected chi connectivity index (χ4v) is 3.21. The molecule has 0 aliphatic heterocycles. The van der Waals surface area contributed by atoms with Crippen LogP contribution in [0, 0.1) is 0 Å². The molecule has 1 N–H and O–H groups in total. The van der Waals surface area contributed by atoms with Gasteiger partial charge in [0.25, 0.3) is 0 Å². The van der Waals surface area contributed by atoms with Gasteiger partial charge in [-0.3, -0.25) is 4.79 Å². The van der Waals surface area contributed by atoms with E-state index in [0.717, 1.165) is 12.0 Å². The van der Waals surface area contributed by atoms with E-state index in [-0.39, 0.29) is 12.3 Å². The highest BCUT2D eigenvalue weighted by atomic mass is 16.4. The van der Waals surface area contributed by atoms with E-state index < -0.39 is 5.97 Å². The summed E-state index contributed by atoms with van der Waals surface area (Å²) >= 11 is 0. The number of aryl methyl sites for hydroxylation is 1. The van der Waals surface area contributed by atoms with Gasteiger partial charge in [0.05, 0.1) is 6.42 Å². The first kappa shape index (κ1) is 20.7. The van der Waals surface area contributed by atoms with Gasteiger partial charge in [-0.05, 0) is 29.9 Å². The minimum Gasteiger partial charge on any atom is -0.481 e. The first-order chi connectivity index (χ1) is 11.6. The predicted octanol–water partition coefficient (Wildman–Crippen LogP) is 6.73. The summed E-state index contributed by atoms with van der Waals surface area (Å²) in [6, 6.07) is 8.53. The minimum atomic E-state index is -0.725. The van der Waals surface area contributed by atoms with E-state index in [1.165, 1.54) is 69.8 Å². The summed E-state index contributed by atoms with van der Waals surface area (Å²) in [7, 11) is 0. The number of benzene rings is 1. The van der Waals surface area contributed by atoms with Crippen LogP contribution in [-0.2, 0) is 11.2 Å². The van der Waals surface area contributed by atoms with E-state index in [4.69, 9.17) is 5.11 Å². The zero-order valence-corrected chi connectivity index (χ0v) is 15.7. The molecule has 0 fully saturated rings. The van der Waals surface area contributed by atoms with E-state index >= 15 is 0 Å². The third-order valence-corrected chi connectivity index (χ3v) is 4.85. The van der Waals surface area contributed by atoms with Crippen molar-refractivity contribution in [2.45, 2.75) is 96.8 Å². The largest absolute Gasteiger partial charge is 0.481 e. The Morgan fingerprint density at radius 1 is 0.875 bits per heavy atom. The number of carbonyl (C=O) groups is 1. The zero-order valence-electron chi connectivity index (χ0n) is 15.7. The average molecular weight is 333 g/mol. The minimum absolute atomic E-state index is 0.0916. The number of hydrogen-bond acceptors (Lipinski definition) is 1. The molecule has 0 aliphatic rings. The predicted molar refractivity (Wildman–Crippen MR) is 103 cm³/mol. The Hall–Kier alpha value is -1.31. The second kappa shape index (κ2) is 13.0. The van der Waals surface area contributed by atoms with Crippen LogP contribution in [0.4, 0.5) is 0 Å². The van der Waals surface area contributed by atoms with Crippen LogP contribution in [0.1, 0.15) is 102 Å². The molecular weight excluding hydrogens is 296 g/mol.